The summed E-state index contributed by atoms with van der Waals surface area (Å²) in [5.74, 6) is 1.09. The molecule has 1 amide bonds. The molecule has 0 aromatic carbocycles. The van der Waals surface area contributed by atoms with Gasteiger partial charge in [-0.25, -0.2) is 9.97 Å². The zero-order valence-electron chi connectivity index (χ0n) is 19.2. The molecule has 3 aliphatic rings. The molecular formula is C25H35N5O2S. The topological polar surface area (TPSA) is 113 Å². The minimum Gasteiger partial charge on any atom is -0.383 e. The van der Waals surface area contributed by atoms with Gasteiger partial charge in [0.05, 0.1) is 5.39 Å². The van der Waals surface area contributed by atoms with E-state index in [1.54, 1.807) is 23.2 Å². The van der Waals surface area contributed by atoms with Gasteiger partial charge in [0.15, 0.2) is 0 Å². The Morgan fingerprint density at radius 3 is 2.88 bits per heavy atom. The Kier molecular flexibility index (Phi) is 6.94. The van der Waals surface area contributed by atoms with Gasteiger partial charge < -0.3 is 21.5 Å². The van der Waals surface area contributed by atoms with Crippen molar-refractivity contribution in [1.29, 1.82) is 0 Å². The van der Waals surface area contributed by atoms with Gasteiger partial charge >= 0.3 is 0 Å². The zero-order chi connectivity index (χ0) is 22.8. The third-order valence-electron chi connectivity index (χ3n) is 7.62. The molecule has 1 saturated heterocycles. The van der Waals surface area contributed by atoms with E-state index in [4.69, 9.17) is 5.73 Å². The molecule has 2 aliphatic carbocycles. The smallest absolute Gasteiger partial charge is 0.246 e. The van der Waals surface area contributed by atoms with E-state index in [1.807, 2.05) is 0 Å². The fourth-order valence-corrected chi connectivity index (χ4v) is 7.10. The first-order valence-electron chi connectivity index (χ1n) is 12.5. The lowest BCUT2D eigenvalue weighted by Crippen LogP contribution is -2.29. The molecule has 0 bridgehead atoms. The normalized spacial score (nSPS) is 27.9. The molecule has 1 aliphatic heterocycles. The SMILES string of the molecule is NC(=O)C(O)CC1CCc2sc3ncnc(NC4CCC(C=C5CCCNCC5)CC4)c3c21. The molecule has 5 N–H and O–H groups in total. The van der Waals surface area contributed by atoms with Gasteiger partial charge in [0.25, 0.3) is 0 Å². The maximum atomic E-state index is 11.4. The third kappa shape index (κ3) is 5.08. The molecule has 178 valence electrons. The Bertz CT molecular complexity index is 1020. The molecule has 1 saturated carbocycles. The van der Waals surface area contributed by atoms with E-state index in [1.165, 1.54) is 42.5 Å². The first kappa shape index (κ1) is 22.7. The van der Waals surface area contributed by atoms with Crippen molar-refractivity contribution in [2.45, 2.75) is 82.3 Å². The van der Waals surface area contributed by atoms with Gasteiger partial charge in [-0.3, -0.25) is 4.79 Å². The van der Waals surface area contributed by atoms with Gasteiger partial charge in [-0.05, 0) is 94.7 Å². The van der Waals surface area contributed by atoms with E-state index in [-0.39, 0.29) is 5.92 Å². The van der Waals surface area contributed by atoms with Crippen molar-refractivity contribution < 1.29 is 9.90 Å². The number of primary amides is 1. The second-order valence-corrected chi connectivity index (χ2v) is 11.0. The number of nitrogens with two attached hydrogens (primary N) is 1. The maximum Gasteiger partial charge on any atom is 0.246 e. The van der Waals surface area contributed by atoms with E-state index >= 15 is 0 Å². The van der Waals surface area contributed by atoms with E-state index < -0.39 is 12.0 Å². The number of amides is 1. The quantitative estimate of drug-likeness (QED) is 0.481. The highest BCUT2D eigenvalue weighted by atomic mass is 32.1. The number of thiophene rings is 1. The number of carbonyl (C=O) groups excluding carboxylic acids is 1. The lowest BCUT2D eigenvalue weighted by molar-refractivity contribution is -0.126. The second-order valence-electron chi connectivity index (χ2n) is 9.92. The van der Waals surface area contributed by atoms with Crippen LogP contribution in [0.1, 0.15) is 74.1 Å². The molecule has 2 aromatic rings. The number of nitrogens with one attached hydrogen (secondary N) is 2. The summed E-state index contributed by atoms with van der Waals surface area (Å²) in [6.45, 7) is 2.27. The van der Waals surface area contributed by atoms with Crippen molar-refractivity contribution in [1.82, 2.24) is 15.3 Å². The summed E-state index contributed by atoms with van der Waals surface area (Å²) in [6.07, 6.45) is 13.8. The van der Waals surface area contributed by atoms with Gasteiger partial charge in [0.2, 0.25) is 5.91 Å². The van der Waals surface area contributed by atoms with Crippen molar-refractivity contribution in [3.05, 3.63) is 28.4 Å². The van der Waals surface area contributed by atoms with Crippen LogP contribution in [0.2, 0.25) is 0 Å². The first-order chi connectivity index (χ1) is 16.1. The van der Waals surface area contributed by atoms with Gasteiger partial charge in [-0.2, -0.15) is 0 Å². The fraction of sp³-hybridized carbons (Fsp3) is 0.640. The van der Waals surface area contributed by atoms with E-state index in [9.17, 15) is 9.90 Å². The average Bonchev–Trinajstić information content (AvgIpc) is 3.26. The molecule has 5 rings (SSSR count). The molecular weight excluding hydrogens is 434 g/mol. The number of aliphatic hydroxyl groups is 1. The number of carbonyl (C=O) groups is 1. The van der Waals surface area contributed by atoms with Gasteiger partial charge in [-0.15, -0.1) is 11.3 Å². The van der Waals surface area contributed by atoms with Gasteiger partial charge in [0, 0.05) is 10.9 Å². The summed E-state index contributed by atoms with van der Waals surface area (Å²) < 4.78 is 0. The van der Waals surface area contributed by atoms with Crippen LogP contribution in [0, 0.1) is 5.92 Å². The van der Waals surface area contributed by atoms with E-state index in [0.717, 1.165) is 54.8 Å². The second kappa shape index (κ2) is 10.1. The van der Waals surface area contributed by atoms with Crippen LogP contribution in [0.25, 0.3) is 10.2 Å². The summed E-state index contributed by atoms with van der Waals surface area (Å²) in [4.78, 5) is 22.9. The minimum atomic E-state index is -1.11. The molecule has 2 atom stereocenters. The van der Waals surface area contributed by atoms with Crippen molar-refractivity contribution in [3.8, 4) is 0 Å². The van der Waals surface area contributed by atoms with Crippen LogP contribution in [0.5, 0.6) is 0 Å². The van der Waals surface area contributed by atoms with E-state index in [2.05, 4.69) is 26.7 Å². The molecule has 0 radical (unpaired) electrons. The molecule has 7 nitrogen and oxygen atoms in total. The number of aliphatic hydroxyl groups excluding tert-OH is 1. The summed E-state index contributed by atoms with van der Waals surface area (Å²) in [5.41, 5.74) is 8.19. The Balaban J connectivity index is 1.28. The number of anilines is 1. The highest BCUT2D eigenvalue weighted by molar-refractivity contribution is 7.19. The van der Waals surface area contributed by atoms with Crippen molar-refractivity contribution in [3.63, 3.8) is 0 Å². The molecule has 33 heavy (non-hydrogen) atoms. The lowest BCUT2D eigenvalue weighted by atomic mass is 9.84. The molecule has 2 aromatic heterocycles. The van der Waals surface area contributed by atoms with Gasteiger partial charge in [-0.1, -0.05) is 11.6 Å². The number of hydrogen-bond donors (Lipinski definition) is 4. The summed E-state index contributed by atoms with van der Waals surface area (Å²) in [5, 5.41) is 18.4. The maximum absolute atomic E-state index is 11.4. The van der Waals surface area contributed by atoms with E-state index in [0.29, 0.717) is 18.4 Å². The van der Waals surface area contributed by atoms with Crippen LogP contribution in [0.4, 0.5) is 5.82 Å². The lowest BCUT2D eigenvalue weighted by Gasteiger charge is -2.29. The number of hydrogen-bond acceptors (Lipinski definition) is 7. The standard InChI is InChI=1S/C25H35N5O2S/c26-23(32)19(31)13-17-5-8-20-21(17)22-24(28-14-29-25(22)33-20)30-18-6-3-16(4-7-18)12-15-2-1-10-27-11-9-15/h12,14,16-19,27,31H,1-11,13H2,(H2,26,32)(H,28,29,30). The minimum absolute atomic E-state index is 0.124. The van der Waals surface area contributed by atoms with Crippen molar-refractivity contribution in [2.24, 2.45) is 11.7 Å². The van der Waals surface area contributed by atoms with Gasteiger partial charge in [0.1, 0.15) is 23.1 Å². The Morgan fingerprint density at radius 1 is 1.21 bits per heavy atom. The average molecular weight is 470 g/mol. The number of aromatic nitrogens is 2. The highest BCUT2D eigenvalue weighted by Gasteiger charge is 2.32. The first-order valence-corrected chi connectivity index (χ1v) is 13.3. The van der Waals surface area contributed by atoms with Crippen molar-refractivity contribution in [2.75, 3.05) is 18.4 Å². The highest BCUT2D eigenvalue weighted by Crippen LogP contribution is 2.47. The Labute approximate surface area is 199 Å². The number of rotatable bonds is 6. The predicted molar refractivity (Wildman–Crippen MR) is 132 cm³/mol. The summed E-state index contributed by atoms with van der Waals surface area (Å²) in [6, 6.07) is 0.417. The van der Waals surface area contributed by atoms with Crippen LogP contribution < -0.4 is 16.4 Å². The summed E-state index contributed by atoms with van der Waals surface area (Å²) >= 11 is 1.72. The number of fused-ring (bicyclic) bond motifs is 3. The van der Waals surface area contributed by atoms with Crippen LogP contribution in [-0.2, 0) is 11.2 Å². The number of aryl methyl sites for hydroxylation is 1. The van der Waals surface area contributed by atoms with Crippen LogP contribution in [0.3, 0.4) is 0 Å². The third-order valence-corrected chi connectivity index (χ3v) is 8.80. The number of allylic oxidation sites excluding steroid dienone is 1. The monoisotopic (exact) mass is 469 g/mol. The molecule has 2 unspecified atom stereocenters. The molecule has 8 heteroatoms. The Morgan fingerprint density at radius 2 is 2.06 bits per heavy atom. The zero-order valence-corrected chi connectivity index (χ0v) is 20.0. The molecule has 3 heterocycles. The van der Waals surface area contributed by atoms with Crippen molar-refractivity contribution >= 4 is 33.3 Å². The number of nitrogens with zero attached hydrogens (tertiary/aromatic N) is 2. The fourth-order valence-electron chi connectivity index (χ4n) is 5.86. The molecule has 0 spiro atoms. The van der Waals surface area contributed by atoms with Crippen LogP contribution >= 0.6 is 11.3 Å². The van der Waals surface area contributed by atoms with Crippen LogP contribution in [-0.4, -0.2) is 46.2 Å². The Hall–Kier alpha value is -2.03. The molecule has 2 fully saturated rings. The predicted octanol–water partition coefficient (Wildman–Crippen LogP) is 3.63. The largest absolute Gasteiger partial charge is 0.383 e. The summed E-state index contributed by atoms with van der Waals surface area (Å²) in [7, 11) is 0. The van der Waals surface area contributed by atoms with Crippen LogP contribution in [0.15, 0.2) is 18.0 Å².